The van der Waals surface area contributed by atoms with E-state index in [1.807, 2.05) is 17.5 Å². The molecular formula is C18H24N2O5S. The van der Waals surface area contributed by atoms with Crippen molar-refractivity contribution in [1.82, 2.24) is 9.80 Å². The molecule has 0 aromatic carbocycles. The Labute approximate surface area is 156 Å². The molecule has 1 aromatic heterocycles. The molecule has 0 aliphatic carbocycles. The van der Waals surface area contributed by atoms with E-state index < -0.39 is 5.97 Å². The van der Waals surface area contributed by atoms with Crippen LogP contribution in [0.1, 0.15) is 36.5 Å². The highest BCUT2D eigenvalue weighted by molar-refractivity contribution is 7.10. The average Bonchev–Trinajstić information content (AvgIpc) is 3.34. The summed E-state index contributed by atoms with van der Waals surface area (Å²) in [6.07, 6.45) is 1.50. The number of carbonyl (C=O) groups is 3. The van der Waals surface area contributed by atoms with Crippen molar-refractivity contribution in [2.24, 2.45) is 0 Å². The monoisotopic (exact) mass is 380 g/mol. The van der Waals surface area contributed by atoms with E-state index in [4.69, 9.17) is 9.84 Å². The van der Waals surface area contributed by atoms with Gasteiger partial charge in [0.1, 0.15) is 6.10 Å². The molecule has 2 unspecified atom stereocenters. The van der Waals surface area contributed by atoms with E-state index in [0.717, 1.165) is 17.7 Å². The molecule has 2 amide bonds. The van der Waals surface area contributed by atoms with Gasteiger partial charge in [-0.05, 0) is 24.3 Å². The standard InChI is InChI=1S/C18H24N2O5S/c21-16(11-13(12-17(22)23)15-4-2-10-26-15)19-5-7-20(8-6-19)18(24)14-3-1-9-25-14/h2,4,10,13-14H,1,3,5-9,11-12H2,(H,22,23). The molecule has 1 aromatic rings. The summed E-state index contributed by atoms with van der Waals surface area (Å²) in [5, 5.41) is 11.0. The van der Waals surface area contributed by atoms with Crippen molar-refractivity contribution in [3.05, 3.63) is 22.4 Å². The van der Waals surface area contributed by atoms with Crippen LogP contribution in [-0.4, -0.2) is 71.6 Å². The second-order valence-electron chi connectivity index (χ2n) is 6.72. The zero-order valence-electron chi connectivity index (χ0n) is 14.6. The van der Waals surface area contributed by atoms with Gasteiger partial charge in [0.25, 0.3) is 5.91 Å². The summed E-state index contributed by atoms with van der Waals surface area (Å²) >= 11 is 1.48. The molecule has 3 heterocycles. The summed E-state index contributed by atoms with van der Waals surface area (Å²) < 4.78 is 5.45. The van der Waals surface area contributed by atoms with E-state index >= 15 is 0 Å². The summed E-state index contributed by atoms with van der Waals surface area (Å²) in [7, 11) is 0. The van der Waals surface area contributed by atoms with Crippen LogP contribution in [0.5, 0.6) is 0 Å². The Hall–Kier alpha value is -1.93. The zero-order chi connectivity index (χ0) is 18.5. The first kappa shape index (κ1) is 18.8. The predicted octanol–water partition coefficient (Wildman–Crippen LogP) is 1.55. The Morgan fingerprint density at radius 2 is 1.92 bits per heavy atom. The smallest absolute Gasteiger partial charge is 0.304 e. The second kappa shape index (κ2) is 8.64. The molecule has 8 heteroatoms. The van der Waals surface area contributed by atoms with Gasteiger partial charge in [-0.1, -0.05) is 6.07 Å². The van der Waals surface area contributed by atoms with Gasteiger partial charge >= 0.3 is 5.97 Å². The number of carboxylic acids is 1. The Morgan fingerprint density at radius 3 is 2.50 bits per heavy atom. The average molecular weight is 380 g/mol. The second-order valence-corrected chi connectivity index (χ2v) is 7.70. The van der Waals surface area contributed by atoms with Crippen LogP contribution in [0.15, 0.2) is 17.5 Å². The topological polar surface area (TPSA) is 87.2 Å². The first-order valence-electron chi connectivity index (χ1n) is 8.98. The van der Waals surface area contributed by atoms with Crippen molar-refractivity contribution >= 4 is 29.1 Å². The quantitative estimate of drug-likeness (QED) is 0.809. The molecule has 142 valence electrons. The van der Waals surface area contributed by atoms with Gasteiger partial charge in [0.2, 0.25) is 5.91 Å². The van der Waals surface area contributed by atoms with Gasteiger partial charge in [0, 0.05) is 50.0 Å². The van der Waals surface area contributed by atoms with Gasteiger partial charge in [-0.2, -0.15) is 0 Å². The number of nitrogens with zero attached hydrogens (tertiary/aromatic N) is 2. The van der Waals surface area contributed by atoms with Crippen molar-refractivity contribution in [3.8, 4) is 0 Å². The molecule has 0 bridgehead atoms. The Balaban J connectivity index is 1.52. The summed E-state index contributed by atoms with van der Waals surface area (Å²) in [4.78, 5) is 40.6. The van der Waals surface area contributed by atoms with E-state index in [2.05, 4.69) is 0 Å². The van der Waals surface area contributed by atoms with Crippen LogP contribution in [-0.2, 0) is 19.1 Å². The first-order valence-corrected chi connectivity index (χ1v) is 9.86. The van der Waals surface area contributed by atoms with Crippen LogP contribution in [0.2, 0.25) is 0 Å². The number of thiophene rings is 1. The highest BCUT2D eigenvalue weighted by Gasteiger charge is 2.32. The van der Waals surface area contributed by atoms with Gasteiger partial charge in [-0.3, -0.25) is 14.4 Å². The molecular weight excluding hydrogens is 356 g/mol. The van der Waals surface area contributed by atoms with E-state index in [-0.39, 0.29) is 36.7 Å². The third-order valence-electron chi connectivity index (χ3n) is 4.94. The normalized spacial score (nSPS) is 21.6. The number of carboxylic acid groups (broad SMARTS) is 1. The minimum absolute atomic E-state index is 0.0249. The Bertz CT molecular complexity index is 634. The van der Waals surface area contributed by atoms with E-state index in [9.17, 15) is 14.4 Å². The minimum atomic E-state index is -0.900. The minimum Gasteiger partial charge on any atom is -0.481 e. The van der Waals surface area contributed by atoms with Crippen molar-refractivity contribution in [1.29, 1.82) is 0 Å². The maximum absolute atomic E-state index is 12.6. The SMILES string of the molecule is O=C(O)CC(CC(=O)N1CCN(C(=O)C2CCCO2)CC1)c1cccs1. The lowest BCUT2D eigenvalue weighted by Crippen LogP contribution is -2.53. The number of carbonyl (C=O) groups excluding carboxylic acids is 2. The molecule has 1 N–H and O–H groups in total. The van der Waals surface area contributed by atoms with Crippen LogP contribution in [0.4, 0.5) is 0 Å². The summed E-state index contributed by atoms with van der Waals surface area (Å²) in [5.41, 5.74) is 0. The molecule has 2 fully saturated rings. The van der Waals surface area contributed by atoms with Gasteiger partial charge in [0.05, 0.1) is 6.42 Å². The lowest BCUT2D eigenvalue weighted by molar-refractivity contribution is -0.146. The van der Waals surface area contributed by atoms with Crippen LogP contribution in [0.25, 0.3) is 0 Å². The summed E-state index contributed by atoms with van der Waals surface area (Å²) in [5.74, 6) is -1.22. The number of amides is 2. The fraction of sp³-hybridized carbons (Fsp3) is 0.611. The number of ether oxygens (including phenoxy) is 1. The molecule has 26 heavy (non-hydrogen) atoms. The predicted molar refractivity (Wildman–Crippen MR) is 96.1 cm³/mol. The molecule has 2 aliphatic heterocycles. The van der Waals surface area contributed by atoms with Crippen LogP contribution in [0.3, 0.4) is 0 Å². The largest absolute Gasteiger partial charge is 0.481 e. The highest BCUT2D eigenvalue weighted by Crippen LogP contribution is 2.28. The number of hydrogen-bond acceptors (Lipinski definition) is 5. The number of piperazine rings is 1. The highest BCUT2D eigenvalue weighted by atomic mass is 32.1. The lowest BCUT2D eigenvalue weighted by Gasteiger charge is -2.36. The van der Waals surface area contributed by atoms with Crippen LogP contribution in [0, 0.1) is 0 Å². The fourth-order valence-corrected chi connectivity index (χ4v) is 4.33. The summed E-state index contributed by atoms with van der Waals surface area (Å²) in [6, 6.07) is 3.75. The third-order valence-corrected chi connectivity index (χ3v) is 5.97. The maximum Gasteiger partial charge on any atom is 0.304 e. The first-order chi connectivity index (χ1) is 12.5. The van der Waals surface area contributed by atoms with E-state index in [1.165, 1.54) is 11.3 Å². The van der Waals surface area contributed by atoms with Gasteiger partial charge in [-0.25, -0.2) is 0 Å². The zero-order valence-corrected chi connectivity index (χ0v) is 15.5. The molecule has 0 radical (unpaired) electrons. The van der Waals surface area contributed by atoms with Gasteiger partial charge in [0.15, 0.2) is 0 Å². The van der Waals surface area contributed by atoms with E-state index in [0.29, 0.717) is 32.8 Å². The van der Waals surface area contributed by atoms with Crippen molar-refractivity contribution in [2.45, 2.75) is 37.7 Å². The van der Waals surface area contributed by atoms with Crippen molar-refractivity contribution in [3.63, 3.8) is 0 Å². The molecule has 2 aliphatic rings. The Morgan fingerprint density at radius 1 is 1.19 bits per heavy atom. The van der Waals surface area contributed by atoms with Gasteiger partial charge in [-0.15, -0.1) is 11.3 Å². The lowest BCUT2D eigenvalue weighted by atomic mass is 9.98. The number of aliphatic carboxylic acids is 1. The molecule has 0 saturated carbocycles. The molecule has 0 spiro atoms. The Kier molecular flexibility index (Phi) is 6.26. The number of rotatable bonds is 6. The number of hydrogen-bond donors (Lipinski definition) is 1. The van der Waals surface area contributed by atoms with Crippen molar-refractivity contribution < 1.29 is 24.2 Å². The van der Waals surface area contributed by atoms with Crippen molar-refractivity contribution in [2.75, 3.05) is 32.8 Å². The molecule has 3 rings (SSSR count). The third kappa shape index (κ3) is 4.62. The molecule has 7 nitrogen and oxygen atoms in total. The maximum atomic E-state index is 12.6. The summed E-state index contributed by atoms with van der Waals surface area (Å²) in [6.45, 7) is 2.63. The van der Waals surface area contributed by atoms with Crippen LogP contribution >= 0.6 is 11.3 Å². The van der Waals surface area contributed by atoms with Crippen LogP contribution < -0.4 is 0 Å². The van der Waals surface area contributed by atoms with Gasteiger partial charge < -0.3 is 19.6 Å². The molecule has 2 atom stereocenters. The fourth-order valence-electron chi connectivity index (χ4n) is 3.50. The molecule has 2 saturated heterocycles. The van der Waals surface area contributed by atoms with E-state index in [1.54, 1.807) is 9.80 Å².